The molecule has 1 aromatic carbocycles. The topological polar surface area (TPSA) is 48.9 Å². The van der Waals surface area contributed by atoms with Gasteiger partial charge in [0.15, 0.2) is 0 Å². The number of fused-ring (bicyclic) bond motifs is 1. The van der Waals surface area contributed by atoms with E-state index in [4.69, 9.17) is 0 Å². The van der Waals surface area contributed by atoms with Gasteiger partial charge in [0.25, 0.3) is 0 Å². The summed E-state index contributed by atoms with van der Waals surface area (Å²) in [5, 5.41) is 0. The molecule has 1 aromatic heterocycles. The van der Waals surface area contributed by atoms with Gasteiger partial charge in [-0.05, 0) is 24.6 Å². The van der Waals surface area contributed by atoms with E-state index in [1.807, 2.05) is 0 Å². The lowest BCUT2D eigenvalue weighted by Crippen LogP contribution is -2.28. The van der Waals surface area contributed by atoms with E-state index in [2.05, 4.69) is 0 Å². The lowest BCUT2D eigenvalue weighted by molar-refractivity contribution is -0.137. The fourth-order valence-corrected chi connectivity index (χ4v) is 2.36. The maximum atomic E-state index is 12.7. The van der Waals surface area contributed by atoms with Crippen molar-refractivity contribution in [1.82, 2.24) is 13.9 Å². The average Bonchev–Trinajstić information content (AvgIpc) is 2.94. The zero-order valence-corrected chi connectivity index (χ0v) is 10.2. The highest BCUT2D eigenvalue weighted by Gasteiger charge is 2.31. The molecule has 3 rings (SSSR count). The third-order valence-corrected chi connectivity index (χ3v) is 3.29. The molecule has 0 radical (unpaired) electrons. The highest BCUT2D eigenvalue weighted by molar-refractivity contribution is 5.36. The Labute approximate surface area is 110 Å². The molecule has 0 amide bonds. The number of nitrogens with zero attached hydrogens (tertiary/aromatic N) is 3. The van der Waals surface area contributed by atoms with Crippen LogP contribution in [0, 0.1) is 0 Å². The third-order valence-electron chi connectivity index (χ3n) is 3.29. The second-order valence-corrected chi connectivity index (χ2v) is 4.55. The van der Waals surface area contributed by atoms with Crippen molar-refractivity contribution in [1.29, 1.82) is 0 Å². The van der Waals surface area contributed by atoms with Gasteiger partial charge in [-0.1, -0.05) is 6.07 Å². The summed E-state index contributed by atoms with van der Waals surface area (Å²) in [7, 11) is 0. The first-order chi connectivity index (χ1) is 9.39. The van der Waals surface area contributed by atoms with Crippen molar-refractivity contribution in [3.63, 3.8) is 0 Å². The highest BCUT2D eigenvalue weighted by Crippen LogP contribution is 2.29. The number of aromatic nitrogens is 3. The second-order valence-electron chi connectivity index (χ2n) is 4.55. The molecule has 0 spiro atoms. The van der Waals surface area contributed by atoms with Crippen LogP contribution in [-0.4, -0.2) is 13.9 Å². The Morgan fingerprint density at radius 1 is 1.00 bits per heavy atom. The average molecular weight is 285 g/mol. The van der Waals surface area contributed by atoms with E-state index in [0.717, 1.165) is 16.7 Å². The molecule has 106 valence electrons. The first-order valence-corrected chi connectivity index (χ1v) is 6.00. The molecule has 0 bridgehead atoms. The van der Waals surface area contributed by atoms with Crippen LogP contribution < -0.4 is 11.4 Å². The van der Waals surface area contributed by atoms with Crippen LogP contribution >= 0.6 is 0 Å². The molecule has 0 atom stereocenters. The number of hydrogen-bond donors (Lipinski definition) is 0. The number of rotatable bonds is 1. The number of halogens is 3. The van der Waals surface area contributed by atoms with Crippen LogP contribution in [0.25, 0.3) is 5.69 Å². The van der Waals surface area contributed by atoms with Crippen molar-refractivity contribution in [2.75, 3.05) is 0 Å². The molecule has 2 aromatic rings. The normalized spacial score (nSPS) is 14.6. The van der Waals surface area contributed by atoms with Crippen LogP contribution in [0.5, 0.6) is 0 Å². The molecule has 0 aliphatic carbocycles. The van der Waals surface area contributed by atoms with Crippen molar-refractivity contribution < 1.29 is 13.2 Å². The van der Waals surface area contributed by atoms with Crippen LogP contribution in [-0.2, 0) is 19.3 Å². The Bertz CT molecular complexity index is 747. The smallest absolute Gasteiger partial charge is 0.246 e. The SMILES string of the molecule is O=c1n(-c2cccc(C(F)(F)F)c2)c(=O)n2n1CCC2. The van der Waals surface area contributed by atoms with Gasteiger partial charge in [0, 0.05) is 13.1 Å². The van der Waals surface area contributed by atoms with E-state index in [-0.39, 0.29) is 5.69 Å². The Balaban J connectivity index is 2.21. The lowest BCUT2D eigenvalue weighted by Gasteiger charge is -2.08. The molecule has 2 heterocycles. The molecule has 20 heavy (non-hydrogen) atoms. The first kappa shape index (κ1) is 12.8. The fourth-order valence-electron chi connectivity index (χ4n) is 2.36. The predicted octanol–water partition coefficient (Wildman–Crippen LogP) is 1.22. The van der Waals surface area contributed by atoms with Crippen molar-refractivity contribution in [2.45, 2.75) is 25.7 Å². The summed E-state index contributed by atoms with van der Waals surface area (Å²) in [6, 6.07) is 4.20. The summed E-state index contributed by atoms with van der Waals surface area (Å²) in [6.07, 6.45) is -3.84. The van der Waals surface area contributed by atoms with Gasteiger partial charge in [-0.3, -0.25) is 0 Å². The first-order valence-electron chi connectivity index (χ1n) is 6.00. The van der Waals surface area contributed by atoms with E-state index in [0.29, 0.717) is 19.5 Å². The summed E-state index contributed by atoms with van der Waals surface area (Å²) in [5.74, 6) is 0. The van der Waals surface area contributed by atoms with Crippen LogP contribution in [0.1, 0.15) is 12.0 Å². The summed E-state index contributed by atoms with van der Waals surface area (Å²) in [4.78, 5) is 24.1. The monoisotopic (exact) mass is 285 g/mol. The maximum absolute atomic E-state index is 12.7. The summed E-state index contributed by atoms with van der Waals surface area (Å²) in [5.41, 5.74) is -2.17. The van der Waals surface area contributed by atoms with Gasteiger partial charge >= 0.3 is 17.6 Å². The Morgan fingerprint density at radius 2 is 1.60 bits per heavy atom. The standard InChI is InChI=1S/C12H10F3N3O2/c13-12(14,15)8-3-1-4-9(7-8)18-10(19)16-5-2-6-17(16)11(18)20/h1,3-4,7H,2,5-6H2. The van der Waals surface area contributed by atoms with Crippen molar-refractivity contribution in [3.05, 3.63) is 50.8 Å². The van der Waals surface area contributed by atoms with Crippen molar-refractivity contribution >= 4 is 0 Å². The summed E-state index contributed by atoms with van der Waals surface area (Å²) >= 11 is 0. The van der Waals surface area contributed by atoms with Gasteiger partial charge in [0.1, 0.15) is 0 Å². The predicted molar refractivity (Wildman–Crippen MR) is 63.9 cm³/mol. The Morgan fingerprint density at radius 3 is 2.15 bits per heavy atom. The third kappa shape index (κ3) is 1.79. The molecular formula is C12H10F3N3O2. The molecule has 0 fully saturated rings. The zero-order valence-electron chi connectivity index (χ0n) is 10.2. The van der Waals surface area contributed by atoms with Crippen LogP contribution in [0.15, 0.2) is 33.9 Å². The van der Waals surface area contributed by atoms with Gasteiger partial charge in [0.2, 0.25) is 0 Å². The molecule has 0 saturated heterocycles. The minimum atomic E-state index is -4.52. The summed E-state index contributed by atoms with van der Waals surface area (Å²) < 4.78 is 41.3. The molecule has 5 nitrogen and oxygen atoms in total. The minimum absolute atomic E-state index is 0.0655. The summed E-state index contributed by atoms with van der Waals surface area (Å²) in [6.45, 7) is 0.806. The van der Waals surface area contributed by atoms with Gasteiger partial charge in [-0.15, -0.1) is 0 Å². The number of alkyl halides is 3. The second kappa shape index (κ2) is 4.12. The van der Waals surface area contributed by atoms with Crippen LogP contribution in [0.2, 0.25) is 0 Å². The van der Waals surface area contributed by atoms with E-state index in [1.165, 1.54) is 21.5 Å². The largest absolute Gasteiger partial charge is 0.416 e. The highest BCUT2D eigenvalue weighted by atomic mass is 19.4. The molecule has 0 N–H and O–H groups in total. The Kier molecular flexibility index (Phi) is 2.63. The maximum Gasteiger partial charge on any atom is 0.416 e. The van der Waals surface area contributed by atoms with E-state index >= 15 is 0 Å². The quantitative estimate of drug-likeness (QED) is 0.791. The fraction of sp³-hybridized carbons (Fsp3) is 0.333. The molecule has 0 saturated carbocycles. The Hall–Kier alpha value is -2.25. The molecule has 8 heteroatoms. The zero-order chi connectivity index (χ0) is 14.5. The van der Waals surface area contributed by atoms with Crippen LogP contribution in [0.4, 0.5) is 13.2 Å². The van der Waals surface area contributed by atoms with E-state index in [9.17, 15) is 22.8 Å². The molecular weight excluding hydrogens is 275 g/mol. The molecule has 1 aliphatic rings. The molecule has 1 aliphatic heterocycles. The van der Waals surface area contributed by atoms with Crippen molar-refractivity contribution in [2.24, 2.45) is 0 Å². The van der Waals surface area contributed by atoms with Gasteiger partial charge < -0.3 is 0 Å². The van der Waals surface area contributed by atoms with Gasteiger partial charge in [0.05, 0.1) is 11.3 Å². The lowest BCUT2D eigenvalue weighted by atomic mass is 10.2. The minimum Gasteiger partial charge on any atom is -0.246 e. The van der Waals surface area contributed by atoms with E-state index < -0.39 is 23.1 Å². The van der Waals surface area contributed by atoms with Gasteiger partial charge in [-0.25, -0.2) is 23.5 Å². The molecule has 0 unspecified atom stereocenters. The van der Waals surface area contributed by atoms with Crippen molar-refractivity contribution in [3.8, 4) is 5.69 Å². The van der Waals surface area contributed by atoms with Crippen LogP contribution in [0.3, 0.4) is 0 Å². The number of benzene rings is 1. The van der Waals surface area contributed by atoms with Gasteiger partial charge in [-0.2, -0.15) is 13.2 Å². The number of hydrogen-bond acceptors (Lipinski definition) is 2. The van der Waals surface area contributed by atoms with E-state index in [1.54, 1.807) is 0 Å².